The number of halogens is 4. The van der Waals surface area contributed by atoms with Crippen LogP contribution in [-0.2, 0) is 10.3 Å². The molecule has 1 saturated carbocycles. The van der Waals surface area contributed by atoms with Crippen molar-refractivity contribution >= 4 is 23.1 Å². The molecular weight excluding hydrogens is 369 g/mol. The second-order valence-corrected chi connectivity index (χ2v) is 7.63. The van der Waals surface area contributed by atoms with E-state index < -0.39 is 11.8 Å². The lowest BCUT2D eigenvalue weighted by Gasteiger charge is -2.40. The Labute approximate surface area is 153 Å². The maximum absolute atomic E-state index is 14.5. The topological polar surface area (TPSA) is 48.2 Å². The Hall–Kier alpha value is -1.99. The fourth-order valence-electron chi connectivity index (χ4n) is 3.27. The average molecular weight is 385 g/mol. The van der Waals surface area contributed by atoms with E-state index in [2.05, 4.69) is 5.32 Å². The van der Waals surface area contributed by atoms with Gasteiger partial charge in [-0.1, -0.05) is 18.5 Å². The molecule has 2 aliphatic rings. The molecule has 2 aromatic rings. The summed E-state index contributed by atoms with van der Waals surface area (Å²) >= 11 is 6.00. The predicted molar refractivity (Wildman–Crippen MR) is 90.3 cm³/mol. The van der Waals surface area contributed by atoms with Gasteiger partial charge in [-0.3, -0.25) is 0 Å². The summed E-state index contributed by atoms with van der Waals surface area (Å²) < 4.78 is 49.6. The smallest absolute Gasteiger partial charge is 0.426 e. The summed E-state index contributed by atoms with van der Waals surface area (Å²) in [7, 11) is 0. The maximum atomic E-state index is 14.5. The molecule has 1 unspecified atom stereocenters. The van der Waals surface area contributed by atoms with Crippen LogP contribution in [0.25, 0.3) is 0 Å². The number of anilines is 2. The molecule has 26 heavy (non-hydrogen) atoms. The van der Waals surface area contributed by atoms with Crippen molar-refractivity contribution in [3.63, 3.8) is 0 Å². The third-order valence-electron chi connectivity index (χ3n) is 5.09. The van der Waals surface area contributed by atoms with Crippen LogP contribution in [0.4, 0.5) is 24.7 Å². The summed E-state index contributed by atoms with van der Waals surface area (Å²) in [6.45, 7) is 1.82. The van der Waals surface area contributed by atoms with Crippen LogP contribution in [-0.4, -0.2) is 12.8 Å². The number of hydrogen-bond acceptors (Lipinski definition) is 3. The van der Waals surface area contributed by atoms with E-state index in [0.29, 0.717) is 4.73 Å². The lowest BCUT2D eigenvalue weighted by molar-refractivity contribution is -0.591. The molecule has 2 heterocycles. The van der Waals surface area contributed by atoms with Gasteiger partial charge in [0.25, 0.3) is 5.82 Å². The Balaban J connectivity index is 1.98. The summed E-state index contributed by atoms with van der Waals surface area (Å²) in [5, 5.41) is 15.1. The van der Waals surface area contributed by atoms with E-state index in [4.69, 9.17) is 16.3 Å². The molecule has 1 aromatic carbocycles. The minimum Gasteiger partial charge on any atom is -0.711 e. The largest absolute Gasteiger partial charge is 0.711 e. The Bertz CT molecular complexity index is 879. The molecule has 0 amide bonds. The summed E-state index contributed by atoms with van der Waals surface area (Å²) in [5.74, 6) is -0.194. The summed E-state index contributed by atoms with van der Waals surface area (Å²) in [6, 6.07) is 6.70. The third-order valence-corrected chi connectivity index (χ3v) is 5.33. The van der Waals surface area contributed by atoms with E-state index in [1.54, 1.807) is 0 Å². The van der Waals surface area contributed by atoms with E-state index in [1.807, 2.05) is 6.92 Å². The lowest BCUT2D eigenvalue weighted by Crippen LogP contribution is -2.51. The minimum atomic E-state index is -4.79. The van der Waals surface area contributed by atoms with Gasteiger partial charge in [0.2, 0.25) is 5.60 Å². The van der Waals surface area contributed by atoms with E-state index >= 15 is 0 Å². The first kappa shape index (κ1) is 17.4. The molecule has 1 aliphatic carbocycles. The fraction of sp³-hybridized carbons (Fsp3) is 0.389. The number of nitrogens with zero attached hydrogens (tertiary/aromatic N) is 1. The molecule has 0 saturated heterocycles. The van der Waals surface area contributed by atoms with Crippen LogP contribution in [0.1, 0.15) is 30.9 Å². The van der Waals surface area contributed by atoms with E-state index in [0.717, 1.165) is 19.0 Å². The molecule has 1 fully saturated rings. The highest BCUT2D eigenvalue weighted by atomic mass is 35.5. The molecule has 1 aliphatic heterocycles. The van der Waals surface area contributed by atoms with Gasteiger partial charge in [0, 0.05) is 10.6 Å². The van der Waals surface area contributed by atoms with Gasteiger partial charge in [0.1, 0.15) is 5.69 Å². The number of pyridine rings is 1. The Morgan fingerprint density at radius 3 is 2.65 bits per heavy atom. The third kappa shape index (κ3) is 2.53. The number of hydrogen-bond donors (Lipinski definition) is 1. The first-order chi connectivity index (χ1) is 12.2. The number of alkyl halides is 3. The minimum absolute atomic E-state index is 0.0638. The van der Waals surface area contributed by atoms with Crippen LogP contribution in [0.5, 0.6) is 0 Å². The highest BCUT2D eigenvalue weighted by Gasteiger charge is 2.64. The van der Waals surface area contributed by atoms with Gasteiger partial charge in [-0.15, -0.1) is 0 Å². The van der Waals surface area contributed by atoms with Crippen LogP contribution in [0.2, 0.25) is 5.02 Å². The summed E-state index contributed by atoms with van der Waals surface area (Å²) in [4.78, 5) is 0. The Kier molecular flexibility index (Phi) is 3.69. The maximum Gasteiger partial charge on any atom is 0.426 e. The first-order valence-electron chi connectivity index (χ1n) is 8.17. The molecule has 0 bridgehead atoms. The van der Waals surface area contributed by atoms with Gasteiger partial charge >= 0.3 is 6.18 Å². The van der Waals surface area contributed by atoms with Crippen LogP contribution >= 0.6 is 11.6 Å². The van der Waals surface area contributed by atoms with Crippen molar-refractivity contribution in [3.8, 4) is 0 Å². The van der Waals surface area contributed by atoms with Crippen molar-refractivity contribution in [2.24, 2.45) is 5.41 Å². The number of nitrogens with one attached hydrogen (secondary N) is 1. The zero-order valence-electron chi connectivity index (χ0n) is 13.9. The van der Waals surface area contributed by atoms with E-state index in [9.17, 15) is 18.4 Å². The quantitative estimate of drug-likeness (QED) is 0.619. The predicted octanol–water partition coefficient (Wildman–Crippen LogP) is 4.65. The number of rotatable bonds is 3. The number of fused-ring (bicyclic) bond motifs is 2. The van der Waals surface area contributed by atoms with Gasteiger partial charge in [-0.25, -0.2) is 10.0 Å². The fourth-order valence-corrected chi connectivity index (χ4v) is 3.44. The monoisotopic (exact) mass is 384 g/mol. The van der Waals surface area contributed by atoms with Gasteiger partial charge in [-0.2, -0.15) is 13.2 Å². The zero-order chi connectivity index (χ0) is 18.7. The summed E-state index contributed by atoms with van der Waals surface area (Å²) in [6.07, 6.45) is -2.02. The Morgan fingerprint density at radius 2 is 2.00 bits per heavy atom. The van der Waals surface area contributed by atoms with Crippen molar-refractivity contribution in [3.05, 3.63) is 57.9 Å². The van der Waals surface area contributed by atoms with E-state index in [1.165, 1.54) is 30.3 Å². The molecule has 8 heteroatoms. The van der Waals surface area contributed by atoms with Crippen molar-refractivity contribution in [2.45, 2.75) is 31.5 Å². The molecule has 0 radical (unpaired) electrons. The standard InChI is InChI=1S/C18H16ClF3N2O2/c1-16(6-7-16)10-26-17(18(20,21)22)12-3-2-8-24(25)15(12)23-14-5-4-11(19)9-13(14)17/h2-5,8-9,23H,6-7,10H2,1H3. The molecule has 4 nitrogen and oxygen atoms in total. The highest BCUT2D eigenvalue weighted by molar-refractivity contribution is 6.30. The first-order valence-corrected chi connectivity index (χ1v) is 8.55. The molecule has 1 N–H and O–H groups in total. The molecule has 1 aromatic heterocycles. The Morgan fingerprint density at radius 1 is 1.27 bits per heavy atom. The second-order valence-electron chi connectivity index (χ2n) is 7.19. The van der Waals surface area contributed by atoms with Crippen LogP contribution < -0.4 is 10.0 Å². The van der Waals surface area contributed by atoms with Crippen LogP contribution in [0.3, 0.4) is 0 Å². The molecular formula is C18H16ClF3N2O2. The number of aromatic nitrogens is 1. The normalized spacial score (nSPS) is 23.0. The van der Waals surface area contributed by atoms with Crippen molar-refractivity contribution in [2.75, 3.05) is 11.9 Å². The van der Waals surface area contributed by atoms with Crippen molar-refractivity contribution < 1.29 is 22.6 Å². The second kappa shape index (κ2) is 5.50. The van der Waals surface area contributed by atoms with Gasteiger partial charge in [0.05, 0.1) is 18.4 Å². The molecule has 4 rings (SSSR count). The lowest BCUT2D eigenvalue weighted by atomic mass is 9.81. The molecule has 1 atom stereocenters. The molecule has 138 valence electrons. The highest BCUT2D eigenvalue weighted by Crippen LogP contribution is 2.56. The van der Waals surface area contributed by atoms with Crippen molar-refractivity contribution in [1.29, 1.82) is 0 Å². The summed E-state index contributed by atoms with van der Waals surface area (Å²) in [5.41, 5.74) is -3.28. The van der Waals surface area contributed by atoms with Crippen LogP contribution in [0.15, 0.2) is 36.5 Å². The van der Waals surface area contributed by atoms with Gasteiger partial charge in [-0.05, 0) is 48.6 Å². The van der Waals surface area contributed by atoms with E-state index in [-0.39, 0.29) is 39.7 Å². The average Bonchev–Trinajstić information content (AvgIpc) is 3.29. The zero-order valence-corrected chi connectivity index (χ0v) is 14.6. The van der Waals surface area contributed by atoms with Gasteiger partial charge in [0.15, 0.2) is 0 Å². The number of benzene rings is 1. The van der Waals surface area contributed by atoms with Crippen molar-refractivity contribution in [1.82, 2.24) is 0 Å². The van der Waals surface area contributed by atoms with Gasteiger partial charge < -0.3 is 9.94 Å². The number of ether oxygens (including phenoxy) is 1. The molecule has 0 spiro atoms. The SMILES string of the molecule is CC1(COC2(C(F)(F)F)c3cc(Cl)ccc3Nc3c2ccc[n+]3[O-])CC1. The van der Waals surface area contributed by atoms with Crippen LogP contribution in [0, 0.1) is 10.6 Å².